The molecule has 1 aliphatic rings. The van der Waals surface area contributed by atoms with Crippen LogP contribution in [0.4, 0.5) is 0 Å². The lowest BCUT2D eigenvalue weighted by atomic mass is 10.2. The van der Waals surface area contributed by atoms with Crippen molar-refractivity contribution in [3.63, 3.8) is 0 Å². The fraction of sp³-hybridized carbons (Fsp3) is 0.250. The van der Waals surface area contributed by atoms with Crippen LogP contribution in [0, 0.1) is 0 Å². The van der Waals surface area contributed by atoms with Gasteiger partial charge in [0.15, 0.2) is 0 Å². The molecule has 5 nitrogen and oxygen atoms in total. The van der Waals surface area contributed by atoms with E-state index in [2.05, 4.69) is 0 Å². The zero-order chi connectivity index (χ0) is 14.7. The molecule has 2 atom stereocenters. The molecule has 0 unspecified atom stereocenters. The fourth-order valence-corrected chi connectivity index (χ4v) is 2.05. The quantitative estimate of drug-likeness (QED) is 0.807. The van der Waals surface area contributed by atoms with E-state index >= 15 is 0 Å². The van der Waals surface area contributed by atoms with Gasteiger partial charge in [-0.3, -0.25) is 0 Å². The van der Waals surface area contributed by atoms with Gasteiger partial charge in [-0.25, -0.2) is 0 Å². The standard InChI is InChI=1S/C16H16O5/c1-17-13-7-3-11(4-8-13)15-19-16(21-20-15)12-5-9-14(18-2)10-6-12/h3-10,15-16H,1-2H3/t15-,16-/m0/s1. The van der Waals surface area contributed by atoms with Crippen molar-refractivity contribution in [2.45, 2.75) is 12.6 Å². The summed E-state index contributed by atoms with van der Waals surface area (Å²) in [6, 6.07) is 14.9. The Labute approximate surface area is 122 Å². The second-order valence-corrected chi connectivity index (χ2v) is 4.54. The zero-order valence-electron chi connectivity index (χ0n) is 11.8. The van der Waals surface area contributed by atoms with E-state index in [1.807, 2.05) is 48.5 Å². The van der Waals surface area contributed by atoms with Gasteiger partial charge in [-0.1, -0.05) is 24.3 Å². The summed E-state index contributed by atoms with van der Waals surface area (Å²) in [6.07, 6.45) is -1.11. The number of hydrogen-bond acceptors (Lipinski definition) is 5. The van der Waals surface area contributed by atoms with E-state index < -0.39 is 12.6 Å². The maximum Gasteiger partial charge on any atom is 0.220 e. The zero-order valence-corrected chi connectivity index (χ0v) is 11.8. The average molecular weight is 288 g/mol. The average Bonchev–Trinajstić information content (AvgIpc) is 3.05. The Hall–Kier alpha value is -2.08. The van der Waals surface area contributed by atoms with Gasteiger partial charge in [0.25, 0.3) is 0 Å². The van der Waals surface area contributed by atoms with Crippen molar-refractivity contribution >= 4 is 0 Å². The van der Waals surface area contributed by atoms with Gasteiger partial charge in [-0.15, -0.1) is 0 Å². The second-order valence-electron chi connectivity index (χ2n) is 4.54. The molecule has 1 aliphatic heterocycles. The molecule has 0 amide bonds. The number of ether oxygens (including phenoxy) is 3. The van der Waals surface area contributed by atoms with Gasteiger partial charge in [0, 0.05) is 11.1 Å². The second kappa shape index (κ2) is 6.13. The van der Waals surface area contributed by atoms with E-state index in [4.69, 9.17) is 24.0 Å². The molecule has 1 heterocycles. The number of rotatable bonds is 4. The summed E-state index contributed by atoms with van der Waals surface area (Å²) < 4.78 is 16.0. The lowest BCUT2D eigenvalue weighted by Gasteiger charge is -2.09. The van der Waals surface area contributed by atoms with E-state index in [1.54, 1.807) is 14.2 Å². The van der Waals surface area contributed by atoms with Crippen LogP contribution >= 0.6 is 0 Å². The molecule has 2 aromatic carbocycles. The van der Waals surface area contributed by atoms with E-state index in [1.165, 1.54) is 0 Å². The number of methoxy groups -OCH3 is 2. The summed E-state index contributed by atoms with van der Waals surface area (Å²) in [4.78, 5) is 10.5. The predicted octanol–water partition coefficient (Wildman–Crippen LogP) is 3.38. The topological polar surface area (TPSA) is 46.2 Å². The minimum atomic E-state index is -0.553. The first kappa shape index (κ1) is 13.9. The monoisotopic (exact) mass is 288 g/mol. The van der Waals surface area contributed by atoms with Crippen LogP contribution < -0.4 is 9.47 Å². The molecule has 0 bridgehead atoms. The van der Waals surface area contributed by atoms with Crippen LogP contribution in [0.15, 0.2) is 48.5 Å². The minimum absolute atomic E-state index is 0.553. The first-order valence-corrected chi connectivity index (χ1v) is 6.55. The largest absolute Gasteiger partial charge is 0.497 e. The highest BCUT2D eigenvalue weighted by Gasteiger charge is 2.30. The molecule has 1 saturated heterocycles. The molecule has 5 heteroatoms. The van der Waals surface area contributed by atoms with Crippen molar-refractivity contribution in [2.24, 2.45) is 0 Å². The van der Waals surface area contributed by atoms with Crippen molar-refractivity contribution in [3.8, 4) is 11.5 Å². The Morgan fingerprint density at radius 1 is 0.667 bits per heavy atom. The minimum Gasteiger partial charge on any atom is -0.497 e. The fourth-order valence-electron chi connectivity index (χ4n) is 2.05. The van der Waals surface area contributed by atoms with Crippen LogP contribution in [0.5, 0.6) is 11.5 Å². The molecule has 0 N–H and O–H groups in total. The molecule has 0 radical (unpaired) electrons. The third-order valence-electron chi connectivity index (χ3n) is 3.25. The van der Waals surface area contributed by atoms with Crippen LogP contribution in [0.1, 0.15) is 23.7 Å². The first-order chi connectivity index (χ1) is 10.3. The Morgan fingerprint density at radius 3 is 1.38 bits per heavy atom. The van der Waals surface area contributed by atoms with Crippen molar-refractivity contribution in [1.29, 1.82) is 0 Å². The molecule has 3 rings (SSSR count). The van der Waals surface area contributed by atoms with Crippen molar-refractivity contribution in [2.75, 3.05) is 14.2 Å². The summed E-state index contributed by atoms with van der Waals surface area (Å²) in [5.41, 5.74) is 1.73. The maximum absolute atomic E-state index is 5.75. The van der Waals surface area contributed by atoms with Gasteiger partial charge in [0.2, 0.25) is 12.6 Å². The van der Waals surface area contributed by atoms with Crippen LogP contribution in [0.25, 0.3) is 0 Å². The lowest BCUT2D eigenvalue weighted by molar-refractivity contribution is -0.300. The molecular formula is C16H16O5. The summed E-state index contributed by atoms with van der Waals surface area (Å²) in [5, 5.41) is 0. The molecule has 0 aromatic heterocycles. The van der Waals surface area contributed by atoms with Gasteiger partial charge in [-0.2, -0.15) is 9.78 Å². The highest BCUT2D eigenvalue weighted by Crippen LogP contribution is 2.37. The molecular weight excluding hydrogens is 272 g/mol. The van der Waals surface area contributed by atoms with Gasteiger partial charge in [0.05, 0.1) is 14.2 Å². The summed E-state index contributed by atoms with van der Waals surface area (Å²) in [5.74, 6) is 1.56. The first-order valence-electron chi connectivity index (χ1n) is 6.55. The number of benzene rings is 2. The van der Waals surface area contributed by atoms with Crippen molar-refractivity contribution < 1.29 is 24.0 Å². The Bertz CT molecular complexity index is 525. The van der Waals surface area contributed by atoms with Gasteiger partial charge < -0.3 is 14.2 Å². The molecule has 0 saturated carbocycles. The predicted molar refractivity (Wildman–Crippen MR) is 74.7 cm³/mol. The normalized spacial score (nSPS) is 21.2. The Morgan fingerprint density at radius 2 is 1.05 bits per heavy atom. The van der Waals surface area contributed by atoms with Gasteiger partial charge in [-0.05, 0) is 24.3 Å². The van der Waals surface area contributed by atoms with E-state index in [0.29, 0.717) is 0 Å². The van der Waals surface area contributed by atoms with Crippen LogP contribution in [0.3, 0.4) is 0 Å². The van der Waals surface area contributed by atoms with E-state index in [0.717, 1.165) is 22.6 Å². The maximum atomic E-state index is 5.75. The molecule has 21 heavy (non-hydrogen) atoms. The number of hydrogen-bond donors (Lipinski definition) is 0. The molecule has 1 fully saturated rings. The molecule has 110 valence electrons. The molecule has 0 aliphatic carbocycles. The summed E-state index contributed by atoms with van der Waals surface area (Å²) in [7, 11) is 3.25. The third kappa shape index (κ3) is 3.00. The smallest absolute Gasteiger partial charge is 0.220 e. The van der Waals surface area contributed by atoms with E-state index in [-0.39, 0.29) is 0 Å². The SMILES string of the molecule is COc1ccc([C@@H]2OO[C@@H](c3ccc(OC)cc3)O2)cc1. The molecule has 0 spiro atoms. The summed E-state index contributed by atoms with van der Waals surface area (Å²) in [6.45, 7) is 0. The highest BCUT2D eigenvalue weighted by molar-refractivity contribution is 5.29. The van der Waals surface area contributed by atoms with Crippen LogP contribution in [-0.2, 0) is 14.5 Å². The highest BCUT2D eigenvalue weighted by atomic mass is 17.3. The van der Waals surface area contributed by atoms with Crippen molar-refractivity contribution in [1.82, 2.24) is 0 Å². The van der Waals surface area contributed by atoms with E-state index in [9.17, 15) is 0 Å². The Balaban J connectivity index is 1.68. The Kier molecular flexibility index (Phi) is 4.06. The lowest BCUT2D eigenvalue weighted by Crippen LogP contribution is -2.00. The van der Waals surface area contributed by atoms with Crippen molar-refractivity contribution in [3.05, 3.63) is 59.7 Å². The third-order valence-corrected chi connectivity index (χ3v) is 3.25. The summed E-state index contributed by atoms with van der Waals surface area (Å²) >= 11 is 0. The van der Waals surface area contributed by atoms with Crippen LogP contribution in [-0.4, -0.2) is 14.2 Å². The molecule has 2 aromatic rings. The van der Waals surface area contributed by atoms with Gasteiger partial charge in [0.1, 0.15) is 11.5 Å². The van der Waals surface area contributed by atoms with Gasteiger partial charge >= 0.3 is 0 Å². The van der Waals surface area contributed by atoms with Crippen LogP contribution in [0.2, 0.25) is 0 Å².